The number of hydrogen-bond acceptors (Lipinski definition) is 7. The molecule has 0 atom stereocenters. The number of fused-ring (bicyclic) bond motifs is 8. The van der Waals surface area contributed by atoms with Crippen molar-refractivity contribution in [2.45, 2.75) is 19.3 Å². The Labute approximate surface area is 315 Å². The lowest BCUT2D eigenvalue weighted by atomic mass is 10.0. The number of nitrogens with one attached hydrogen (secondary N) is 1. The van der Waals surface area contributed by atoms with Crippen molar-refractivity contribution < 1.29 is 9.90 Å². The van der Waals surface area contributed by atoms with Crippen LogP contribution < -0.4 is 0 Å². The summed E-state index contributed by atoms with van der Waals surface area (Å²) in [5.41, 5.74) is 13.2. The summed E-state index contributed by atoms with van der Waals surface area (Å²) in [6.07, 6.45) is 15.1. The number of aromatic nitrogens is 6. The molecule has 2 aliphatic heterocycles. The fourth-order valence-electron chi connectivity index (χ4n) is 7.00. The number of aliphatic carboxylic acids is 1. The number of H-pyrrole nitrogens is 1. The molecule has 0 spiro atoms. The fourth-order valence-corrected chi connectivity index (χ4v) is 8.15. The Morgan fingerprint density at radius 1 is 0.556 bits per heavy atom. The van der Waals surface area contributed by atoms with Gasteiger partial charge in [-0.3, -0.25) is 19.7 Å². The Balaban J connectivity index is 1.38. The Morgan fingerprint density at radius 3 is 1.54 bits per heavy atom. The van der Waals surface area contributed by atoms with E-state index < -0.39 is 5.97 Å². The Kier molecular flexibility index (Phi) is 8.74. The summed E-state index contributed by atoms with van der Waals surface area (Å²) in [4.78, 5) is 39.8. The summed E-state index contributed by atoms with van der Waals surface area (Å²) in [6, 6.07) is 34.6. The first-order valence-corrected chi connectivity index (χ1v) is 18.5. The maximum absolute atomic E-state index is 11.1. The summed E-state index contributed by atoms with van der Waals surface area (Å²) in [7, 11) is 0. The average molecular weight is 721 g/mol. The normalized spacial score (nSPS) is 11.9. The number of thiophene rings is 1. The Hall–Kier alpha value is -6.84. The highest BCUT2D eigenvalue weighted by Crippen LogP contribution is 2.40. The lowest BCUT2D eigenvalue weighted by Crippen LogP contribution is -1.95. The van der Waals surface area contributed by atoms with Gasteiger partial charge in [0.15, 0.2) is 0 Å². The van der Waals surface area contributed by atoms with E-state index in [9.17, 15) is 4.79 Å². The van der Waals surface area contributed by atoms with Crippen LogP contribution in [0, 0.1) is 0 Å². The van der Waals surface area contributed by atoms with Crippen molar-refractivity contribution in [3.05, 3.63) is 150 Å². The molecule has 0 unspecified atom stereocenters. The third kappa shape index (κ3) is 6.42. The molecular weight excluding hydrogens is 689 g/mol. The second-order valence-corrected chi connectivity index (χ2v) is 14.1. The standard InChI is InChI=1S/C45H32N6O2S/c52-41(53)12-7-8-28-13-15-29(16-14-28)42-33-17-18-34(49-33)43(30-9-1-4-25-46-30)35-19-20-36(50-35)44(31-10-2-5-26-47-31)37-21-22-38(51-37)45(32-11-3-6-27-48-32)40-24-23-39(42)54-40/h1-6,9-11,13-27,50H,7-8,12H2,(H,52,53). The van der Waals surface area contributed by atoms with E-state index in [1.54, 1.807) is 23.7 Å². The molecule has 0 radical (unpaired) electrons. The van der Waals surface area contributed by atoms with Crippen LogP contribution in [0.25, 0.3) is 89.6 Å². The van der Waals surface area contributed by atoms with Crippen molar-refractivity contribution in [3.8, 4) is 44.9 Å². The van der Waals surface area contributed by atoms with Crippen LogP contribution in [-0.4, -0.2) is 41.0 Å². The second-order valence-electron chi connectivity index (χ2n) is 13.0. The molecular formula is C45H32N6O2S. The number of carbonyl (C=O) groups is 1. The third-order valence-corrected chi connectivity index (χ3v) is 10.6. The van der Waals surface area contributed by atoms with Crippen LogP contribution >= 0.6 is 11.3 Å². The molecule has 9 heteroatoms. The van der Waals surface area contributed by atoms with E-state index in [1.807, 2.05) is 60.8 Å². The molecule has 0 aliphatic carbocycles. The summed E-state index contributed by atoms with van der Waals surface area (Å²) in [6.45, 7) is 0. The summed E-state index contributed by atoms with van der Waals surface area (Å²) >= 11 is 1.68. The van der Waals surface area contributed by atoms with E-state index >= 15 is 0 Å². The van der Waals surface area contributed by atoms with Gasteiger partial charge in [0.05, 0.1) is 50.9 Å². The predicted molar refractivity (Wildman–Crippen MR) is 218 cm³/mol. The van der Waals surface area contributed by atoms with Crippen LogP contribution in [0.2, 0.25) is 0 Å². The highest BCUT2D eigenvalue weighted by Gasteiger charge is 2.20. The summed E-state index contributed by atoms with van der Waals surface area (Å²) in [5, 5.41) is 9.15. The number of aryl methyl sites for hydroxylation is 1. The van der Waals surface area contributed by atoms with Gasteiger partial charge in [0, 0.05) is 56.7 Å². The second kappa shape index (κ2) is 14.3. The molecule has 0 fully saturated rings. The minimum atomic E-state index is -0.779. The minimum Gasteiger partial charge on any atom is -0.481 e. The zero-order valence-electron chi connectivity index (χ0n) is 29.0. The van der Waals surface area contributed by atoms with E-state index in [1.165, 1.54) is 0 Å². The number of hydrogen-bond donors (Lipinski definition) is 2. The van der Waals surface area contributed by atoms with Crippen molar-refractivity contribution in [1.82, 2.24) is 29.9 Å². The van der Waals surface area contributed by atoms with Gasteiger partial charge < -0.3 is 10.1 Å². The van der Waals surface area contributed by atoms with Gasteiger partial charge in [-0.25, -0.2) is 9.97 Å². The zero-order valence-corrected chi connectivity index (χ0v) is 29.8. The molecule has 2 N–H and O–H groups in total. The molecule has 7 aromatic rings. The van der Waals surface area contributed by atoms with Gasteiger partial charge in [-0.2, -0.15) is 0 Å². The monoisotopic (exact) mass is 720 g/mol. The Morgan fingerprint density at radius 2 is 1.04 bits per heavy atom. The molecule has 54 heavy (non-hydrogen) atoms. The van der Waals surface area contributed by atoms with E-state index in [2.05, 4.69) is 77.8 Å². The number of aromatic amines is 1. The highest BCUT2D eigenvalue weighted by atomic mass is 32.1. The van der Waals surface area contributed by atoms with E-state index in [4.69, 9.17) is 30.0 Å². The van der Waals surface area contributed by atoms with Crippen molar-refractivity contribution in [2.75, 3.05) is 0 Å². The number of benzene rings is 1. The lowest BCUT2D eigenvalue weighted by molar-refractivity contribution is -0.137. The number of nitrogens with zero attached hydrogens (tertiary/aromatic N) is 5. The molecule has 1 aromatic carbocycles. The molecule has 0 amide bonds. The van der Waals surface area contributed by atoms with Crippen LogP contribution in [-0.2, 0) is 11.2 Å². The Bertz CT molecular complexity index is 2720. The maximum Gasteiger partial charge on any atom is 0.303 e. The molecule has 0 saturated heterocycles. The SMILES string of the molecule is O=C(O)CCCc1ccc(-c2c3nc(c(-c4ccccn4)c4ccc([nH]4)c(-c4ccccn4)c4nc(c(-c5ccccn5)c5ccc2s5)C=C4)C=C3)cc1. The molecule has 8 heterocycles. The maximum atomic E-state index is 11.1. The molecule has 6 aromatic heterocycles. The van der Waals surface area contributed by atoms with E-state index in [-0.39, 0.29) is 6.42 Å². The number of carboxylic acid groups (broad SMARTS) is 1. The van der Waals surface area contributed by atoms with Gasteiger partial charge in [-0.15, -0.1) is 11.3 Å². The molecule has 8 nitrogen and oxygen atoms in total. The van der Waals surface area contributed by atoms with Gasteiger partial charge in [0.1, 0.15) is 0 Å². The molecule has 9 rings (SSSR count). The smallest absolute Gasteiger partial charge is 0.303 e. The first-order chi connectivity index (χ1) is 26.6. The highest BCUT2D eigenvalue weighted by molar-refractivity contribution is 7.24. The molecule has 0 saturated carbocycles. The van der Waals surface area contributed by atoms with Crippen LogP contribution in [0.15, 0.2) is 122 Å². The van der Waals surface area contributed by atoms with E-state index in [0.29, 0.717) is 12.8 Å². The van der Waals surface area contributed by atoms with Crippen LogP contribution in [0.3, 0.4) is 0 Å². The van der Waals surface area contributed by atoms with Gasteiger partial charge in [0.25, 0.3) is 0 Å². The quantitative estimate of drug-likeness (QED) is 0.160. The van der Waals surface area contributed by atoms with Crippen molar-refractivity contribution in [1.29, 1.82) is 0 Å². The van der Waals surface area contributed by atoms with Gasteiger partial charge >= 0.3 is 5.97 Å². The number of carboxylic acids is 1. The minimum absolute atomic E-state index is 0.145. The first kappa shape index (κ1) is 33.0. The molecule has 8 bridgehead atoms. The van der Waals surface area contributed by atoms with E-state index in [0.717, 1.165) is 93.7 Å². The first-order valence-electron chi connectivity index (χ1n) is 17.7. The lowest BCUT2D eigenvalue weighted by Gasteiger charge is -2.07. The fraction of sp³-hybridized carbons (Fsp3) is 0.0667. The zero-order chi connectivity index (χ0) is 36.4. The molecule has 260 valence electrons. The van der Waals surface area contributed by atoms with Crippen LogP contribution in [0.5, 0.6) is 0 Å². The molecule has 2 aliphatic rings. The van der Waals surface area contributed by atoms with Gasteiger partial charge in [-0.1, -0.05) is 42.5 Å². The van der Waals surface area contributed by atoms with Gasteiger partial charge in [-0.05, 0) is 109 Å². The topological polar surface area (TPSA) is 118 Å². The average Bonchev–Trinajstić information content (AvgIpc) is 4.05. The van der Waals surface area contributed by atoms with Gasteiger partial charge in [0.2, 0.25) is 0 Å². The summed E-state index contributed by atoms with van der Waals surface area (Å²) in [5.74, 6) is -0.779. The number of rotatable bonds is 8. The summed E-state index contributed by atoms with van der Waals surface area (Å²) < 4.78 is 2.07. The largest absolute Gasteiger partial charge is 0.481 e. The van der Waals surface area contributed by atoms with Crippen molar-refractivity contribution in [2.24, 2.45) is 0 Å². The predicted octanol–water partition coefficient (Wildman–Crippen LogP) is 10.6. The van der Waals surface area contributed by atoms with Crippen LogP contribution in [0.1, 0.15) is 41.2 Å². The number of pyridine rings is 3. The van der Waals surface area contributed by atoms with Crippen molar-refractivity contribution >= 4 is 62.0 Å². The van der Waals surface area contributed by atoms with Crippen LogP contribution in [0.4, 0.5) is 0 Å². The third-order valence-electron chi connectivity index (χ3n) is 9.49. The van der Waals surface area contributed by atoms with Crippen molar-refractivity contribution in [3.63, 3.8) is 0 Å².